The monoisotopic (exact) mass is 459 g/mol. The van der Waals surface area contributed by atoms with E-state index in [1.165, 1.54) is 11.3 Å². The predicted octanol–water partition coefficient (Wildman–Crippen LogP) is 5.00. The fourth-order valence-electron chi connectivity index (χ4n) is 1.69. The molecule has 23 heavy (non-hydrogen) atoms. The lowest BCUT2D eigenvalue weighted by Crippen LogP contribution is -2.00. The van der Waals surface area contributed by atoms with Gasteiger partial charge in [0.15, 0.2) is 11.5 Å². The topological polar surface area (TPSA) is 55.7 Å². The van der Waals surface area contributed by atoms with Crippen LogP contribution in [0.1, 0.15) is 11.3 Å². The molecule has 1 aromatic heterocycles. The standard InChI is InChI=1S/C15H15Br2N3O2S/c1-4-5-22-14-11(21-3)6-10(12(16)13(14)17)7-18-20-15-19-9(2)8-23-15/h4,6-8H,1,5H2,2-3H3,(H,19,20). The second kappa shape index (κ2) is 8.47. The highest BCUT2D eigenvalue weighted by Gasteiger charge is 2.16. The van der Waals surface area contributed by atoms with Crippen molar-refractivity contribution in [3.63, 3.8) is 0 Å². The molecular formula is C15H15Br2N3O2S. The molecule has 1 heterocycles. The van der Waals surface area contributed by atoms with Gasteiger partial charge in [-0.2, -0.15) is 5.10 Å². The van der Waals surface area contributed by atoms with Gasteiger partial charge in [-0.15, -0.1) is 11.3 Å². The number of thiazole rings is 1. The van der Waals surface area contributed by atoms with Crippen molar-refractivity contribution >= 4 is 54.5 Å². The van der Waals surface area contributed by atoms with Gasteiger partial charge in [-0.1, -0.05) is 12.7 Å². The number of ether oxygens (including phenoxy) is 2. The van der Waals surface area contributed by atoms with E-state index in [1.54, 1.807) is 19.4 Å². The first-order valence-corrected chi connectivity index (χ1v) is 9.04. The lowest BCUT2D eigenvalue weighted by atomic mass is 10.2. The second-order valence-electron chi connectivity index (χ2n) is 4.39. The summed E-state index contributed by atoms with van der Waals surface area (Å²) in [7, 11) is 1.59. The third-order valence-electron chi connectivity index (χ3n) is 2.70. The molecule has 0 spiro atoms. The van der Waals surface area contributed by atoms with Crippen molar-refractivity contribution < 1.29 is 9.47 Å². The molecule has 0 atom stereocenters. The van der Waals surface area contributed by atoms with E-state index in [0.29, 0.717) is 18.1 Å². The van der Waals surface area contributed by atoms with Crippen LogP contribution in [0.15, 0.2) is 38.1 Å². The number of methoxy groups -OCH3 is 1. The number of halogens is 2. The Morgan fingerprint density at radius 1 is 1.43 bits per heavy atom. The van der Waals surface area contributed by atoms with Gasteiger partial charge in [-0.3, -0.25) is 5.43 Å². The lowest BCUT2D eigenvalue weighted by molar-refractivity contribution is 0.324. The van der Waals surface area contributed by atoms with Crippen LogP contribution in [0.5, 0.6) is 11.5 Å². The molecule has 5 nitrogen and oxygen atoms in total. The van der Waals surface area contributed by atoms with Gasteiger partial charge in [0.2, 0.25) is 5.13 Å². The summed E-state index contributed by atoms with van der Waals surface area (Å²) in [5, 5.41) is 6.90. The molecule has 0 fully saturated rings. The van der Waals surface area contributed by atoms with Crippen LogP contribution in [0, 0.1) is 6.92 Å². The van der Waals surface area contributed by atoms with Gasteiger partial charge in [-0.25, -0.2) is 4.98 Å². The molecule has 0 aliphatic rings. The Morgan fingerprint density at radius 3 is 2.83 bits per heavy atom. The minimum Gasteiger partial charge on any atom is -0.493 e. The van der Waals surface area contributed by atoms with Crippen LogP contribution in [-0.2, 0) is 0 Å². The van der Waals surface area contributed by atoms with E-state index in [4.69, 9.17) is 9.47 Å². The SMILES string of the molecule is C=CCOc1c(OC)cc(C=NNc2nc(C)cs2)c(Br)c1Br. The van der Waals surface area contributed by atoms with Gasteiger partial charge in [0.25, 0.3) is 0 Å². The Bertz CT molecular complexity index is 732. The van der Waals surface area contributed by atoms with Crippen LogP contribution < -0.4 is 14.9 Å². The number of rotatable bonds is 7. The summed E-state index contributed by atoms with van der Waals surface area (Å²) in [6.07, 6.45) is 3.36. The minimum absolute atomic E-state index is 0.389. The quantitative estimate of drug-likeness (QED) is 0.359. The van der Waals surface area contributed by atoms with Crippen molar-refractivity contribution in [2.75, 3.05) is 19.1 Å². The van der Waals surface area contributed by atoms with E-state index >= 15 is 0 Å². The molecule has 0 unspecified atom stereocenters. The summed E-state index contributed by atoms with van der Waals surface area (Å²) in [5.41, 5.74) is 4.70. The Labute approximate surface area is 155 Å². The number of nitrogens with one attached hydrogen (secondary N) is 1. The molecule has 0 radical (unpaired) electrons. The number of hydrogen-bond donors (Lipinski definition) is 1. The second-order valence-corrected chi connectivity index (χ2v) is 6.83. The minimum atomic E-state index is 0.389. The summed E-state index contributed by atoms with van der Waals surface area (Å²) in [5.74, 6) is 1.22. The van der Waals surface area contributed by atoms with Gasteiger partial charge in [-0.05, 0) is 44.8 Å². The van der Waals surface area contributed by atoms with Gasteiger partial charge in [0.1, 0.15) is 6.61 Å². The van der Waals surface area contributed by atoms with E-state index < -0.39 is 0 Å². The molecule has 1 N–H and O–H groups in total. The fraction of sp³-hybridized carbons (Fsp3) is 0.200. The third-order valence-corrected chi connectivity index (χ3v) is 5.71. The van der Waals surface area contributed by atoms with Crippen molar-refractivity contribution in [2.24, 2.45) is 5.10 Å². The first kappa shape index (κ1) is 18.0. The van der Waals surface area contributed by atoms with Crippen molar-refractivity contribution in [1.29, 1.82) is 0 Å². The average molecular weight is 461 g/mol. The number of aromatic nitrogens is 1. The zero-order valence-electron chi connectivity index (χ0n) is 12.6. The average Bonchev–Trinajstić information content (AvgIpc) is 2.95. The molecular weight excluding hydrogens is 446 g/mol. The van der Waals surface area contributed by atoms with E-state index in [0.717, 1.165) is 25.3 Å². The number of aryl methyl sites for hydroxylation is 1. The lowest BCUT2D eigenvalue weighted by Gasteiger charge is -2.14. The molecule has 122 valence electrons. The summed E-state index contributed by atoms with van der Waals surface area (Å²) in [6.45, 7) is 5.97. The smallest absolute Gasteiger partial charge is 0.203 e. The van der Waals surface area contributed by atoms with Crippen molar-refractivity contribution in [3.05, 3.63) is 44.3 Å². The van der Waals surface area contributed by atoms with Crippen LogP contribution in [0.2, 0.25) is 0 Å². The third kappa shape index (κ3) is 4.55. The zero-order chi connectivity index (χ0) is 16.8. The summed E-state index contributed by atoms with van der Waals surface area (Å²) >= 11 is 8.55. The molecule has 8 heteroatoms. The van der Waals surface area contributed by atoms with E-state index in [1.807, 2.05) is 18.4 Å². The van der Waals surface area contributed by atoms with Crippen LogP contribution in [0.3, 0.4) is 0 Å². The van der Waals surface area contributed by atoms with Crippen molar-refractivity contribution in [2.45, 2.75) is 6.92 Å². The molecule has 0 bridgehead atoms. The van der Waals surface area contributed by atoms with E-state index in [9.17, 15) is 0 Å². The predicted molar refractivity (Wildman–Crippen MR) is 102 cm³/mol. The van der Waals surface area contributed by atoms with E-state index in [-0.39, 0.29) is 0 Å². The maximum absolute atomic E-state index is 5.63. The number of nitrogens with zero attached hydrogens (tertiary/aromatic N) is 2. The van der Waals surface area contributed by atoms with Gasteiger partial charge < -0.3 is 9.47 Å². The number of anilines is 1. The van der Waals surface area contributed by atoms with Crippen LogP contribution in [0.25, 0.3) is 0 Å². The fourth-order valence-corrected chi connectivity index (χ4v) is 3.26. The summed E-state index contributed by atoms with van der Waals surface area (Å²) < 4.78 is 12.6. The van der Waals surface area contributed by atoms with Gasteiger partial charge >= 0.3 is 0 Å². The molecule has 2 rings (SSSR count). The van der Waals surface area contributed by atoms with Gasteiger partial charge in [0.05, 0.1) is 23.5 Å². The number of hydrazone groups is 1. The molecule has 0 amide bonds. The van der Waals surface area contributed by atoms with Crippen LogP contribution in [0.4, 0.5) is 5.13 Å². The molecule has 0 aliphatic heterocycles. The molecule has 0 saturated carbocycles. The maximum Gasteiger partial charge on any atom is 0.203 e. The Kier molecular flexibility index (Phi) is 6.61. The molecule has 2 aromatic rings. The molecule has 0 aliphatic carbocycles. The number of hydrogen-bond acceptors (Lipinski definition) is 6. The zero-order valence-corrected chi connectivity index (χ0v) is 16.6. The van der Waals surface area contributed by atoms with Crippen molar-refractivity contribution in [3.8, 4) is 11.5 Å². The normalized spacial score (nSPS) is 10.8. The highest BCUT2D eigenvalue weighted by molar-refractivity contribution is 9.13. The first-order chi connectivity index (χ1) is 11.1. The summed E-state index contributed by atoms with van der Waals surface area (Å²) in [6, 6.07) is 1.84. The maximum atomic E-state index is 5.63. The molecule has 1 aromatic carbocycles. The largest absolute Gasteiger partial charge is 0.493 e. The first-order valence-electron chi connectivity index (χ1n) is 6.57. The highest BCUT2D eigenvalue weighted by atomic mass is 79.9. The highest BCUT2D eigenvalue weighted by Crippen LogP contribution is 2.42. The number of benzene rings is 1. The summed E-state index contributed by atoms with van der Waals surface area (Å²) in [4.78, 5) is 4.28. The van der Waals surface area contributed by atoms with Crippen molar-refractivity contribution in [1.82, 2.24) is 4.98 Å². The Balaban J connectivity index is 2.24. The van der Waals surface area contributed by atoms with Crippen LogP contribution in [-0.4, -0.2) is 24.9 Å². The Hall–Kier alpha value is -1.38. The molecule has 0 saturated heterocycles. The van der Waals surface area contributed by atoms with Crippen LogP contribution >= 0.6 is 43.2 Å². The Morgan fingerprint density at radius 2 is 2.22 bits per heavy atom. The van der Waals surface area contributed by atoms with Gasteiger partial charge in [0, 0.05) is 15.4 Å². The van der Waals surface area contributed by atoms with E-state index in [2.05, 4.69) is 54.0 Å².